The SMILES string of the molecule is COCc1cc(OC2OC(CO)C(O)C(O)C2O)c(C)c(O)c1C(C)=O. The second-order valence-corrected chi connectivity index (χ2v) is 6.19. The van der Waals surface area contributed by atoms with Gasteiger partial charge in [0.2, 0.25) is 6.29 Å². The molecular formula is C17H24O9. The fourth-order valence-electron chi connectivity index (χ4n) is 2.87. The second-order valence-electron chi connectivity index (χ2n) is 6.19. The molecule has 0 aliphatic carbocycles. The lowest BCUT2D eigenvalue weighted by atomic mass is 9.98. The van der Waals surface area contributed by atoms with Crippen molar-refractivity contribution in [2.45, 2.75) is 51.2 Å². The molecule has 5 atom stereocenters. The van der Waals surface area contributed by atoms with Gasteiger partial charge < -0.3 is 39.7 Å². The highest BCUT2D eigenvalue weighted by Gasteiger charge is 2.45. The van der Waals surface area contributed by atoms with Gasteiger partial charge in [-0.2, -0.15) is 0 Å². The number of phenolic OH excluding ortho intramolecular Hbond substituents is 1. The maximum Gasteiger partial charge on any atom is 0.229 e. The molecule has 1 fully saturated rings. The molecule has 0 aromatic heterocycles. The largest absolute Gasteiger partial charge is 0.507 e. The van der Waals surface area contributed by atoms with Gasteiger partial charge in [-0.25, -0.2) is 0 Å². The smallest absolute Gasteiger partial charge is 0.229 e. The van der Waals surface area contributed by atoms with Gasteiger partial charge in [0.1, 0.15) is 35.9 Å². The number of benzene rings is 1. The van der Waals surface area contributed by atoms with E-state index in [9.17, 15) is 30.3 Å². The van der Waals surface area contributed by atoms with Crippen molar-refractivity contribution in [1.29, 1.82) is 0 Å². The summed E-state index contributed by atoms with van der Waals surface area (Å²) in [5, 5.41) is 49.3. The molecule has 0 saturated carbocycles. The summed E-state index contributed by atoms with van der Waals surface area (Å²) in [6.07, 6.45) is -7.21. The van der Waals surface area contributed by atoms with Crippen molar-refractivity contribution in [3.63, 3.8) is 0 Å². The molecule has 1 aromatic carbocycles. The van der Waals surface area contributed by atoms with E-state index in [4.69, 9.17) is 14.2 Å². The molecule has 0 radical (unpaired) electrons. The zero-order valence-electron chi connectivity index (χ0n) is 14.7. The van der Waals surface area contributed by atoms with E-state index in [2.05, 4.69) is 0 Å². The lowest BCUT2D eigenvalue weighted by Gasteiger charge is -2.39. The minimum atomic E-state index is -1.59. The lowest BCUT2D eigenvalue weighted by Crippen LogP contribution is -2.60. The van der Waals surface area contributed by atoms with Crippen LogP contribution in [0.5, 0.6) is 11.5 Å². The van der Waals surface area contributed by atoms with Crippen LogP contribution in [0.1, 0.15) is 28.4 Å². The maximum atomic E-state index is 11.8. The van der Waals surface area contributed by atoms with E-state index >= 15 is 0 Å². The van der Waals surface area contributed by atoms with Crippen LogP contribution >= 0.6 is 0 Å². The van der Waals surface area contributed by atoms with E-state index in [0.717, 1.165) is 0 Å². The number of phenols is 1. The Morgan fingerprint density at radius 3 is 2.42 bits per heavy atom. The molecule has 1 aromatic rings. The number of carbonyl (C=O) groups is 1. The highest BCUT2D eigenvalue weighted by Crippen LogP contribution is 2.36. The van der Waals surface area contributed by atoms with E-state index in [1.165, 1.54) is 27.0 Å². The fourth-order valence-corrected chi connectivity index (χ4v) is 2.87. The number of aliphatic hydroxyl groups excluding tert-OH is 4. The Morgan fingerprint density at radius 2 is 1.88 bits per heavy atom. The third kappa shape index (κ3) is 3.83. The Balaban J connectivity index is 2.38. The van der Waals surface area contributed by atoms with Crippen LogP contribution in [-0.4, -0.2) is 75.7 Å². The van der Waals surface area contributed by atoms with Crippen molar-refractivity contribution in [2.24, 2.45) is 0 Å². The molecule has 1 aliphatic heterocycles. The lowest BCUT2D eigenvalue weighted by molar-refractivity contribution is -0.277. The zero-order valence-corrected chi connectivity index (χ0v) is 14.7. The Morgan fingerprint density at radius 1 is 1.23 bits per heavy atom. The topological polar surface area (TPSA) is 146 Å². The van der Waals surface area contributed by atoms with Gasteiger partial charge >= 0.3 is 0 Å². The van der Waals surface area contributed by atoms with Crippen molar-refractivity contribution >= 4 is 5.78 Å². The molecule has 9 heteroatoms. The van der Waals surface area contributed by atoms with Gasteiger partial charge in [-0.1, -0.05) is 0 Å². The summed E-state index contributed by atoms with van der Waals surface area (Å²) in [5.74, 6) is -0.535. The normalized spacial score (nSPS) is 28.8. The van der Waals surface area contributed by atoms with Gasteiger partial charge in [-0.05, 0) is 25.5 Å². The minimum absolute atomic E-state index is 0.0355. The summed E-state index contributed by atoms with van der Waals surface area (Å²) in [4.78, 5) is 11.8. The average Bonchev–Trinajstić information content (AvgIpc) is 2.59. The number of methoxy groups -OCH3 is 1. The number of hydrogen-bond acceptors (Lipinski definition) is 9. The molecule has 0 spiro atoms. The molecule has 2 rings (SSSR count). The summed E-state index contributed by atoms with van der Waals surface area (Å²) in [5.41, 5.74) is 0.709. The highest BCUT2D eigenvalue weighted by molar-refractivity contribution is 5.99. The molecule has 5 unspecified atom stereocenters. The van der Waals surface area contributed by atoms with Crippen LogP contribution in [0, 0.1) is 6.92 Å². The van der Waals surface area contributed by atoms with Gasteiger partial charge in [-0.15, -0.1) is 0 Å². The van der Waals surface area contributed by atoms with Crippen LogP contribution in [0.4, 0.5) is 0 Å². The van der Waals surface area contributed by atoms with Crippen LogP contribution in [0.2, 0.25) is 0 Å². The first-order valence-electron chi connectivity index (χ1n) is 8.05. The summed E-state index contributed by atoms with van der Waals surface area (Å²) < 4.78 is 15.9. The highest BCUT2D eigenvalue weighted by atomic mass is 16.7. The van der Waals surface area contributed by atoms with Crippen molar-refractivity contribution in [1.82, 2.24) is 0 Å². The quantitative estimate of drug-likeness (QED) is 0.406. The number of ketones is 1. The first kappa shape index (κ1) is 20.6. The standard InChI is InChI=1S/C17H24O9/c1-7-10(4-9(6-24-3)12(8(2)19)13(7)20)25-17-16(23)15(22)14(21)11(5-18)26-17/h4,11,14-18,20-23H,5-6H2,1-3H3. The molecule has 9 nitrogen and oxygen atoms in total. The van der Waals surface area contributed by atoms with Gasteiger partial charge in [0, 0.05) is 12.7 Å². The van der Waals surface area contributed by atoms with Crippen molar-refractivity contribution in [2.75, 3.05) is 13.7 Å². The Hall–Kier alpha value is -1.75. The number of Topliss-reactive ketones (excluding diaryl/α,β-unsaturated/α-hetero) is 1. The van der Waals surface area contributed by atoms with E-state index < -0.39 is 37.3 Å². The molecule has 146 valence electrons. The molecule has 26 heavy (non-hydrogen) atoms. The predicted octanol–water partition coefficient (Wildman–Crippen LogP) is -0.772. The molecule has 1 heterocycles. The number of carbonyl (C=O) groups excluding carboxylic acids is 1. The maximum absolute atomic E-state index is 11.8. The van der Waals surface area contributed by atoms with Gasteiger partial charge in [0.15, 0.2) is 5.78 Å². The molecule has 0 amide bonds. The minimum Gasteiger partial charge on any atom is -0.507 e. The third-order valence-electron chi connectivity index (χ3n) is 4.33. The number of hydrogen-bond donors (Lipinski definition) is 5. The zero-order chi connectivity index (χ0) is 19.6. The Labute approximate surface area is 150 Å². The summed E-state index contributed by atoms with van der Waals surface area (Å²) in [6.45, 7) is 2.27. The molecule has 1 aliphatic rings. The van der Waals surface area contributed by atoms with E-state index in [-0.39, 0.29) is 35.0 Å². The van der Waals surface area contributed by atoms with Crippen LogP contribution < -0.4 is 4.74 Å². The molecular weight excluding hydrogens is 348 g/mol. The number of aliphatic hydroxyl groups is 4. The number of rotatable bonds is 6. The van der Waals surface area contributed by atoms with Gasteiger partial charge in [-0.3, -0.25) is 4.79 Å². The van der Waals surface area contributed by atoms with Gasteiger partial charge in [0.25, 0.3) is 0 Å². The van der Waals surface area contributed by atoms with E-state index in [1.807, 2.05) is 0 Å². The van der Waals surface area contributed by atoms with Crippen LogP contribution in [0.15, 0.2) is 6.07 Å². The van der Waals surface area contributed by atoms with Crippen LogP contribution in [-0.2, 0) is 16.1 Å². The second kappa shape index (κ2) is 8.30. The summed E-state index contributed by atoms with van der Waals surface area (Å²) >= 11 is 0. The summed E-state index contributed by atoms with van der Waals surface area (Å²) in [7, 11) is 1.43. The number of ether oxygens (including phenoxy) is 3. The molecule has 0 bridgehead atoms. The first-order chi connectivity index (χ1) is 12.2. The number of aromatic hydroxyl groups is 1. The predicted molar refractivity (Wildman–Crippen MR) is 88.0 cm³/mol. The van der Waals surface area contributed by atoms with Crippen LogP contribution in [0.25, 0.3) is 0 Å². The van der Waals surface area contributed by atoms with E-state index in [0.29, 0.717) is 5.56 Å². The third-order valence-corrected chi connectivity index (χ3v) is 4.33. The van der Waals surface area contributed by atoms with Crippen molar-refractivity contribution < 1.29 is 44.5 Å². The van der Waals surface area contributed by atoms with Crippen molar-refractivity contribution in [3.8, 4) is 11.5 Å². The molecule has 5 N–H and O–H groups in total. The van der Waals surface area contributed by atoms with E-state index in [1.54, 1.807) is 0 Å². The average molecular weight is 372 g/mol. The first-order valence-corrected chi connectivity index (χ1v) is 8.05. The molecule has 1 saturated heterocycles. The summed E-state index contributed by atoms with van der Waals surface area (Å²) in [6, 6.07) is 1.47. The van der Waals surface area contributed by atoms with Crippen molar-refractivity contribution in [3.05, 3.63) is 22.8 Å². The van der Waals surface area contributed by atoms with Crippen LogP contribution in [0.3, 0.4) is 0 Å². The Kier molecular flexibility index (Phi) is 6.56. The van der Waals surface area contributed by atoms with Gasteiger partial charge in [0.05, 0.1) is 18.8 Å². The fraction of sp³-hybridized carbons (Fsp3) is 0.588. The monoisotopic (exact) mass is 372 g/mol. The Bertz CT molecular complexity index is 658.